The number of carbonyl (C=O) groups is 1. The molecule has 1 amide bonds. The second-order valence-corrected chi connectivity index (χ2v) is 8.85. The lowest BCUT2D eigenvalue weighted by molar-refractivity contribution is -0.137. The summed E-state index contributed by atoms with van der Waals surface area (Å²) in [5, 5.41) is 3.13. The number of rotatable bonds is 7. The van der Waals surface area contributed by atoms with Crippen molar-refractivity contribution >= 4 is 11.6 Å². The number of nitrogens with one attached hydrogen (secondary N) is 1. The zero-order chi connectivity index (χ0) is 22.4. The Kier molecular flexibility index (Phi) is 8.19. The van der Waals surface area contributed by atoms with Crippen LogP contribution in [0.5, 0.6) is 0 Å². The maximum absolute atomic E-state index is 13.7. The van der Waals surface area contributed by atoms with Crippen molar-refractivity contribution in [2.75, 3.05) is 37.6 Å². The molecule has 0 aromatic heterocycles. The van der Waals surface area contributed by atoms with Gasteiger partial charge in [0.25, 0.3) is 0 Å². The zero-order valence-electron chi connectivity index (χ0n) is 18.2. The number of amides is 1. The van der Waals surface area contributed by atoms with Crippen LogP contribution in [-0.4, -0.2) is 49.6 Å². The third-order valence-electron chi connectivity index (χ3n) is 6.49. The summed E-state index contributed by atoms with van der Waals surface area (Å²) in [7, 11) is 0. The largest absolute Gasteiger partial charge is 0.416 e. The minimum absolute atomic E-state index is 0.157. The normalized spacial score (nSPS) is 23.1. The molecular formula is C23H33F4N3O. The third kappa shape index (κ3) is 7.09. The van der Waals surface area contributed by atoms with Crippen molar-refractivity contribution in [2.24, 2.45) is 5.92 Å². The molecule has 0 radical (unpaired) electrons. The van der Waals surface area contributed by atoms with E-state index in [0.29, 0.717) is 43.2 Å². The number of nitrogens with zero attached hydrogens (tertiary/aromatic N) is 2. The summed E-state index contributed by atoms with van der Waals surface area (Å²) in [5.74, 6) is -0.0341. The number of hydrogen-bond acceptors (Lipinski definition) is 3. The lowest BCUT2D eigenvalue weighted by Gasteiger charge is -2.37. The average molecular weight is 444 g/mol. The zero-order valence-corrected chi connectivity index (χ0v) is 18.2. The van der Waals surface area contributed by atoms with Crippen molar-refractivity contribution in [2.45, 2.75) is 64.1 Å². The van der Waals surface area contributed by atoms with Crippen LogP contribution in [0.15, 0.2) is 18.2 Å². The van der Waals surface area contributed by atoms with E-state index in [1.165, 1.54) is 6.07 Å². The number of carbonyl (C=O) groups excluding carboxylic acids is 1. The Morgan fingerprint density at radius 1 is 1.06 bits per heavy atom. The van der Waals surface area contributed by atoms with Crippen molar-refractivity contribution in [1.29, 1.82) is 0 Å². The number of benzene rings is 1. The van der Waals surface area contributed by atoms with Crippen molar-refractivity contribution in [1.82, 2.24) is 10.2 Å². The molecule has 1 aromatic rings. The molecule has 1 aromatic carbocycles. The molecule has 1 aliphatic heterocycles. The molecule has 0 bridgehead atoms. The molecule has 174 valence electrons. The number of halogens is 4. The van der Waals surface area contributed by atoms with Crippen LogP contribution in [0.3, 0.4) is 0 Å². The quantitative estimate of drug-likeness (QED) is 0.613. The minimum atomic E-state index is -4.55. The summed E-state index contributed by atoms with van der Waals surface area (Å²) in [4.78, 5) is 15.9. The number of piperazine rings is 1. The molecule has 1 saturated heterocycles. The number of alkyl halides is 3. The molecule has 8 heteroatoms. The van der Waals surface area contributed by atoms with Crippen LogP contribution in [-0.2, 0) is 11.0 Å². The van der Waals surface area contributed by atoms with Crippen molar-refractivity contribution in [3.05, 3.63) is 29.6 Å². The van der Waals surface area contributed by atoms with Gasteiger partial charge in [-0.25, -0.2) is 4.39 Å². The fourth-order valence-electron chi connectivity index (χ4n) is 4.64. The lowest BCUT2D eigenvalue weighted by atomic mass is 9.84. The van der Waals surface area contributed by atoms with Gasteiger partial charge in [-0.3, -0.25) is 9.69 Å². The molecule has 2 aliphatic rings. The van der Waals surface area contributed by atoms with Gasteiger partial charge in [0, 0.05) is 44.3 Å². The van der Waals surface area contributed by atoms with E-state index >= 15 is 0 Å². The summed E-state index contributed by atoms with van der Waals surface area (Å²) < 4.78 is 52.6. The Morgan fingerprint density at radius 2 is 1.74 bits per heavy atom. The van der Waals surface area contributed by atoms with Crippen molar-refractivity contribution in [3.8, 4) is 0 Å². The Hall–Kier alpha value is -1.83. The van der Waals surface area contributed by atoms with E-state index < -0.39 is 17.6 Å². The molecule has 1 heterocycles. The Balaban J connectivity index is 1.40. The molecule has 1 N–H and O–H groups in total. The summed E-state index contributed by atoms with van der Waals surface area (Å²) in [5.41, 5.74) is -0.637. The molecule has 31 heavy (non-hydrogen) atoms. The van der Waals surface area contributed by atoms with Crippen LogP contribution in [0, 0.1) is 11.7 Å². The fraction of sp³-hybridized carbons (Fsp3) is 0.696. The van der Waals surface area contributed by atoms with E-state index in [1.54, 1.807) is 0 Å². The maximum atomic E-state index is 13.7. The predicted molar refractivity (Wildman–Crippen MR) is 113 cm³/mol. The van der Waals surface area contributed by atoms with Gasteiger partial charge in [0.15, 0.2) is 0 Å². The smallest absolute Gasteiger partial charge is 0.369 e. The highest BCUT2D eigenvalue weighted by molar-refractivity contribution is 5.76. The Morgan fingerprint density at radius 3 is 2.35 bits per heavy atom. The second-order valence-electron chi connectivity index (χ2n) is 8.85. The van der Waals surface area contributed by atoms with Crippen molar-refractivity contribution < 1.29 is 22.4 Å². The number of hydrogen-bond donors (Lipinski definition) is 1. The molecule has 2 fully saturated rings. The highest BCUT2D eigenvalue weighted by Gasteiger charge is 2.32. The first kappa shape index (κ1) is 23.8. The first-order chi connectivity index (χ1) is 14.7. The monoisotopic (exact) mass is 443 g/mol. The van der Waals surface area contributed by atoms with Crippen molar-refractivity contribution in [3.63, 3.8) is 0 Å². The van der Waals surface area contributed by atoms with Gasteiger partial charge in [-0.15, -0.1) is 0 Å². The fourth-order valence-corrected chi connectivity index (χ4v) is 4.64. The SMILES string of the molecule is CCCC(=O)NC1CCC(CCN2CCN(c3cc(F)cc(C(F)(F)F)c3)CC2)CC1. The molecule has 0 atom stereocenters. The number of anilines is 1. The predicted octanol–water partition coefficient (Wildman–Crippen LogP) is 4.83. The molecule has 1 aliphatic carbocycles. The molecule has 1 saturated carbocycles. The first-order valence-electron chi connectivity index (χ1n) is 11.4. The van der Waals surface area contributed by atoms with Gasteiger partial charge in [-0.05, 0) is 69.2 Å². The van der Waals surface area contributed by atoms with E-state index in [-0.39, 0.29) is 5.91 Å². The molecule has 0 spiro atoms. The van der Waals surface area contributed by atoms with Gasteiger partial charge in [-0.1, -0.05) is 6.92 Å². The third-order valence-corrected chi connectivity index (χ3v) is 6.49. The van der Waals surface area contributed by atoms with Gasteiger partial charge >= 0.3 is 6.18 Å². The highest BCUT2D eigenvalue weighted by Crippen LogP contribution is 2.33. The Bertz CT molecular complexity index is 724. The summed E-state index contributed by atoms with van der Waals surface area (Å²) in [6.45, 7) is 5.70. The van der Waals surface area contributed by atoms with Gasteiger partial charge in [0.2, 0.25) is 5.91 Å². The van der Waals surface area contributed by atoms with E-state index in [9.17, 15) is 22.4 Å². The Labute approximate surface area is 182 Å². The summed E-state index contributed by atoms with van der Waals surface area (Å²) in [6.07, 6.45) is 2.35. The average Bonchev–Trinajstić information content (AvgIpc) is 2.73. The second kappa shape index (κ2) is 10.7. The van der Waals surface area contributed by atoms with E-state index in [1.807, 2.05) is 11.8 Å². The minimum Gasteiger partial charge on any atom is -0.369 e. The van der Waals surface area contributed by atoms with Crippen LogP contribution in [0.2, 0.25) is 0 Å². The van der Waals surface area contributed by atoms with Crippen LogP contribution >= 0.6 is 0 Å². The van der Waals surface area contributed by atoms with Gasteiger partial charge < -0.3 is 10.2 Å². The van der Waals surface area contributed by atoms with Crippen LogP contribution in [0.1, 0.15) is 57.4 Å². The highest BCUT2D eigenvalue weighted by atomic mass is 19.4. The van der Waals surface area contributed by atoms with E-state index in [0.717, 1.165) is 64.2 Å². The van der Waals surface area contributed by atoms with E-state index in [2.05, 4.69) is 10.2 Å². The first-order valence-corrected chi connectivity index (χ1v) is 11.4. The summed E-state index contributed by atoms with van der Waals surface area (Å²) in [6, 6.07) is 3.08. The molecule has 3 rings (SSSR count). The van der Waals surface area contributed by atoms with E-state index in [4.69, 9.17) is 0 Å². The van der Waals surface area contributed by atoms with Crippen LogP contribution in [0.4, 0.5) is 23.2 Å². The topological polar surface area (TPSA) is 35.6 Å². The van der Waals surface area contributed by atoms with Gasteiger partial charge in [0.1, 0.15) is 5.82 Å². The van der Waals surface area contributed by atoms with Gasteiger partial charge in [-0.2, -0.15) is 13.2 Å². The molecule has 4 nitrogen and oxygen atoms in total. The molecular weight excluding hydrogens is 410 g/mol. The maximum Gasteiger partial charge on any atom is 0.416 e. The van der Waals surface area contributed by atoms with Crippen LogP contribution < -0.4 is 10.2 Å². The molecule has 0 unspecified atom stereocenters. The summed E-state index contributed by atoms with van der Waals surface area (Å²) >= 11 is 0. The lowest BCUT2D eigenvalue weighted by Crippen LogP contribution is -2.47. The standard InChI is InChI=1S/C23H33F4N3O/c1-2-3-22(31)28-20-6-4-17(5-7-20)8-9-29-10-12-30(13-11-29)21-15-18(23(25,26)27)14-19(24)16-21/h14-17,20H,2-13H2,1H3,(H,28,31). The van der Waals surface area contributed by atoms with Gasteiger partial charge in [0.05, 0.1) is 5.56 Å². The van der Waals surface area contributed by atoms with Crippen LogP contribution in [0.25, 0.3) is 0 Å².